The molecule has 0 aromatic heterocycles. The number of hydrogen-bond donors (Lipinski definition) is 1. The van der Waals surface area contributed by atoms with Crippen LogP contribution in [0.15, 0.2) is 54.6 Å². The molecule has 0 bridgehead atoms. The van der Waals surface area contributed by atoms with Gasteiger partial charge in [0.15, 0.2) is 0 Å². The third kappa shape index (κ3) is 5.45. The van der Waals surface area contributed by atoms with Gasteiger partial charge in [-0.1, -0.05) is 42.5 Å². The molecule has 0 saturated carbocycles. The van der Waals surface area contributed by atoms with E-state index >= 15 is 0 Å². The van der Waals surface area contributed by atoms with E-state index in [9.17, 15) is 0 Å². The van der Waals surface area contributed by atoms with Crippen LogP contribution in [-0.2, 0) is 6.42 Å². The molecule has 0 unspecified atom stereocenters. The second kappa shape index (κ2) is 8.39. The highest BCUT2D eigenvalue weighted by molar-refractivity contribution is 5.27. The first-order valence-electron chi connectivity index (χ1n) is 7.29. The van der Waals surface area contributed by atoms with Gasteiger partial charge in [0.2, 0.25) is 0 Å². The number of benzene rings is 2. The van der Waals surface area contributed by atoms with Crippen LogP contribution in [0.4, 0.5) is 0 Å². The van der Waals surface area contributed by atoms with Crippen LogP contribution in [0, 0.1) is 6.92 Å². The summed E-state index contributed by atoms with van der Waals surface area (Å²) >= 11 is 0. The zero-order chi connectivity index (χ0) is 14.0. The summed E-state index contributed by atoms with van der Waals surface area (Å²) in [5.41, 5.74) is 2.64. The molecule has 0 aliphatic carbocycles. The van der Waals surface area contributed by atoms with Crippen LogP contribution in [0.2, 0.25) is 0 Å². The van der Waals surface area contributed by atoms with Gasteiger partial charge in [0.05, 0.1) is 0 Å². The summed E-state index contributed by atoms with van der Waals surface area (Å²) in [6, 6.07) is 18.8. The maximum atomic E-state index is 5.69. The molecule has 2 rings (SSSR count). The first-order chi connectivity index (χ1) is 9.84. The van der Waals surface area contributed by atoms with Crippen molar-refractivity contribution in [3.63, 3.8) is 0 Å². The summed E-state index contributed by atoms with van der Waals surface area (Å²) in [5.74, 6) is 0.955. The first kappa shape index (κ1) is 14.6. The minimum atomic E-state index is 0.717. The summed E-state index contributed by atoms with van der Waals surface area (Å²) in [7, 11) is 0. The molecule has 0 aliphatic rings. The molecule has 2 heteroatoms. The van der Waals surface area contributed by atoms with E-state index in [0.29, 0.717) is 0 Å². The fourth-order valence-electron chi connectivity index (χ4n) is 2.13. The molecule has 0 radical (unpaired) electrons. The van der Waals surface area contributed by atoms with Gasteiger partial charge in [-0.3, -0.25) is 0 Å². The Hall–Kier alpha value is -1.80. The van der Waals surface area contributed by atoms with Crippen LogP contribution in [-0.4, -0.2) is 19.7 Å². The van der Waals surface area contributed by atoms with Crippen molar-refractivity contribution in [3.8, 4) is 5.75 Å². The topological polar surface area (TPSA) is 21.3 Å². The Morgan fingerprint density at radius 3 is 2.60 bits per heavy atom. The van der Waals surface area contributed by atoms with Crippen LogP contribution in [0.5, 0.6) is 5.75 Å². The standard InChI is InChI=1S/C18H23NO/c1-16-7-5-11-18(15-16)20-14-13-19-12-6-10-17-8-3-2-4-9-17/h2-5,7-9,11,15,19H,6,10,12-14H2,1H3. The van der Waals surface area contributed by atoms with Crippen molar-refractivity contribution in [1.29, 1.82) is 0 Å². The zero-order valence-electron chi connectivity index (χ0n) is 12.1. The Kier molecular flexibility index (Phi) is 6.12. The van der Waals surface area contributed by atoms with Gasteiger partial charge in [-0.25, -0.2) is 0 Å². The molecule has 0 aliphatic heterocycles. The van der Waals surface area contributed by atoms with Crippen molar-refractivity contribution in [1.82, 2.24) is 5.32 Å². The number of rotatable bonds is 8. The van der Waals surface area contributed by atoms with Crippen LogP contribution in [0.1, 0.15) is 17.5 Å². The molecule has 106 valence electrons. The Balaban J connectivity index is 1.52. The second-order valence-corrected chi connectivity index (χ2v) is 5.00. The van der Waals surface area contributed by atoms with Crippen LogP contribution < -0.4 is 10.1 Å². The van der Waals surface area contributed by atoms with E-state index in [2.05, 4.69) is 54.7 Å². The van der Waals surface area contributed by atoms with Gasteiger partial charge in [0, 0.05) is 6.54 Å². The monoisotopic (exact) mass is 269 g/mol. The molecule has 0 heterocycles. The van der Waals surface area contributed by atoms with Gasteiger partial charge in [0.25, 0.3) is 0 Å². The van der Waals surface area contributed by atoms with Gasteiger partial charge in [0.1, 0.15) is 12.4 Å². The van der Waals surface area contributed by atoms with Crippen LogP contribution >= 0.6 is 0 Å². The molecule has 2 nitrogen and oxygen atoms in total. The lowest BCUT2D eigenvalue weighted by atomic mass is 10.1. The summed E-state index contributed by atoms with van der Waals surface area (Å²) < 4.78 is 5.69. The summed E-state index contributed by atoms with van der Waals surface area (Å²) in [6.07, 6.45) is 2.29. The van der Waals surface area contributed by atoms with Crippen molar-refractivity contribution < 1.29 is 4.74 Å². The third-order valence-electron chi connectivity index (χ3n) is 3.20. The van der Waals surface area contributed by atoms with Gasteiger partial charge < -0.3 is 10.1 Å². The fourth-order valence-corrected chi connectivity index (χ4v) is 2.13. The second-order valence-electron chi connectivity index (χ2n) is 5.00. The maximum Gasteiger partial charge on any atom is 0.119 e. The molecule has 20 heavy (non-hydrogen) atoms. The van der Waals surface area contributed by atoms with E-state index in [0.717, 1.165) is 38.3 Å². The lowest BCUT2D eigenvalue weighted by Crippen LogP contribution is -2.22. The van der Waals surface area contributed by atoms with E-state index in [4.69, 9.17) is 4.74 Å². The first-order valence-corrected chi connectivity index (χ1v) is 7.29. The summed E-state index contributed by atoms with van der Waals surface area (Å²) in [5, 5.41) is 3.42. The normalized spacial score (nSPS) is 10.4. The molecule has 0 amide bonds. The number of aryl methyl sites for hydroxylation is 2. The van der Waals surface area contributed by atoms with Crippen LogP contribution in [0.3, 0.4) is 0 Å². The fraction of sp³-hybridized carbons (Fsp3) is 0.333. The van der Waals surface area contributed by atoms with Gasteiger partial charge in [-0.2, -0.15) is 0 Å². The quantitative estimate of drug-likeness (QED) is 0.739. The number of nitrogens with one attached hydrogen (secondary N) is 1. The Labute approximate surface area is 121 Å². The van der Waals surface area contributed by atoms with Gasteiger partial charge in [-0.05, 0) is 49.6 Å². The predicted octanol–water partition coefficient (Wildman–Crippen LogP) is 3.60. The number of ether oxygens (including phenoxy) is 1. The van der Waals surface area contributed by atoms with Crippen molar-refractivity contribution >= 4 is 0 Å². The van der Waals surface area contributed by atoms with Crippen molar-refractivity contribution in [2.45, 2.75) is 19.8 Å². The molecular weight excluding hydrogens is 246 g/mol. The van der Waals surface area contributed by atoms with Crippen molar-refractivity contribution in [2.24, 2.45) is 0 Å². The van der Waals surface area contributed by atoms with E-state index in [1.54, 1.807) is 0 Å². The van der Waals surface area contributed by atoms with E-state index in [1.165, 1.54) is 11.1 Å². The highest BCUT2D eigenvalue weighted by Crippen LogP contribution is 2.11. The molecular formula is C18H23NO. The lowest BCUT2D eigenvalue weighted by molar-refractivity contribution is 0.313. The molecule has 0 spiro atoms. The average molecular weight is 269 g/mol. The van der Waals surface area contributed by atoms with E-state index in [-0.39, 0.29) is 0 Å². The maximum absolute atomic E-state index is 5.69. The Morgan fingerprint density at radius 2 is 1.80 bits per heavy atom. The van der Waals surface area contributed by atoms with Crippen LogP contribution in [0.25, 0.3) is 0 Å². The average Bonchev–Trinajstić information content (AvgIpc) is 2.47. The smallest absolute Gasteiger partial charge is 0.119 e. The van der Waals surface area contributed by atoms with Crippen molar-refractivity contribution in [2.75, 3.05) is 19.7 Å². The minimum Gasteiger partial charge on any atom is -0.492 e. The minimum absolute atomic E-state index is 0.717. The Morgan fingerprint density at radius 1 is 0.950 bits per heavy atom. The molecule has 0 fully saturated rings. The SMILES string of the molecule is Cc1cccc(OCCNCCCc2ccccc2)c1. The molecule has 1 N–H and O–H groups in total. The summed E-state index contributed by atoms with van der Waals surface area (Å²) in [6.45, 7) is 4.72. The molecule has 2 aromatic carbocycles. The van der Waals surface area contributed by atoms with Crippen molar-refractivity contribution in [3.05, 3.63) is 65.7 Å². The highest BCUT2D eigenvalue weighted by Gasteiger charge is 1.95. The highest BCUT2D eigenvalue weighted by atomic mass is 16.5. The molecule has 0 atom stereocenters. The number of hydrogen-bond acceptors (Lipinski definition) is 2. The zero-order valence-corrected chi connectivity index (χ0v) is 12.1. The molecule has 2 aromatic rings. The van der Waals surface area contributed by atoms with E-state index in [1.807, 2.05) is 12.1 Å². The van der Waals surface area contributed by atoms with Gasteiger partial charge >= 0.3 is 0 Å². The lowest BCUT2D eigenvalue weighted by Gasteiger charge is -2.08. The van der Waals surface area contributed by atoms with Gasteiger partial charge in [-0.15, -0.1) is 0 Å². The summed E-state index contributed by atoms with van der Waals surface area (Å²) in [4.78, 5) is 0. The van der Waals surface area contributed by atoms with E-state index < -0.39 is 0 Å². The third-order valence-corrected chi connectivity index (χ3v) is 3.20. The Bertz CT molecular complexity index is 496. The molecule has 0 saturated heterocycles. The largest absolute Gasteiger partial charge is 0.492 e. The predicted molar refractivity (Wildman–Crippen MR) is 84.3 cm³/mol.